The monoisotopic (exact) mass is 250 g/mol. The maximum absolute atomic E-state index is 12.3. The van der Waals surface area contributed by atoms with Crippen molar-refractivity contribution < 1.29 is 14.6 Å². The molecule has 0 spiro atoms. The molecule has 0 saturated carbocycles. The SMILES string of the molecule is COc1ccc(C(=O)N2CCCC2CO)c(N)c1. The van der Waals surface area contributed by atoms with Crippen molar-refractivity contribution in [1.82, 2.24) is 4.90 Å². The zero-order valence-electron chi connectivity index (χ0n) is 10.4. The van der Waals surface area contributed by atoms with E-state index in [1.807, 2.05) is 0 Å². The Morgan fingerprint density at radius 1 is 1.61 bits per heavy atom. The molecule has 1 amide bonds. The van der Waals surface area contributed by atoms with Crippen LogP contribution in [0.25, 0.3) is 0 Å². The second-order valence-corrected chi connectivity index (χ2v) is 4.43. The quantitative estimate of drug-likeness (QED) is 0.781. The van der Waals surface area contributed by atoms with E-state index in [2.05, 4.69) is 0 Å². The molecule has 0 aliphatic carbocycles. The van der Waals surface area contributed by atoms with Crippen molar-refractivity contribution in [3.63, 3.8) is 0 Å². The molecular formula is C13H18N2O3. The number of nitrogen functional groups attached to an aromatic ring is 1. The molecule has 0 aromatic heterocycles. The lowest BCUT2D eigenvalue weighted by Gasteiger charge is -2.23. The smallest absolute Gasteiger partial charge is 0.256 e. The van der Waals surface area contributed by atoms with Crippen molar-refractivity contribution in [1.29, 1.82) is 0 Å². The Bertz CT molecular complexity index is 448. The molecule has 1 aromatic carbocycles. The normalized spacial score (nSPS) is 19.0. The first-order chi connectivity index (χ1) is 8.67. The lowest BCUT2D eigenvalue weighted by atomic mass is 10.1. The van der Waals surface area contributed by atoms with Crippen molar-refractivity contribution in [3.05, 3.63) is 23.8 Å². The molecule has 1 atom stereocenters. The summed E-state index contributed by atoms with van der Waals surface area (Å²) in [6, 6.07) is 4.94. The van der Waals surface area contributed by atoms with Gasteiger partial charge in [-0.25, -0.2) is 0 Å². The topological polar surface area (TPSA) is 75.8 Å². The molecule has 1 saturated heterocycles. The number of aliphatic hydroxyl groups excluding tert-OH is 1. The third-order valence-electron chi connectivity index (χ3n) is 3.34. The van der Waals surface area contributed by atoms with Crippen LogP contribution >= 0.6 is 0 Å². The number of nitrogens with two attached hydrogens (primary N) is 1. The van der Waals surface area contributed by atoms with Crippen molar-refractivity contribution in [2.75, 3.05) is 26.0 Å². The van der Waals surface area contributed by atoms with Crippen LogP contribution in [0.1, 0.15) is 23.2 Å². The average Bonchev–Trinajstić information content (AvgIpc) is 2.86. The maximum atomic E-state index is 12.3. The van der Waals surface area contributed by atoms with Gasteiger partial charge >= 0.3 is 0 Å². The largest absolute Gasteiger partial charge is 0.497 e. The van der Waals surface area contributed by atoms with Crippen LogP contribution in [0.15, 0.2) is 18.2 Å². The first kappa shape index (κ1) is 12.7. The van der Waals surface area contributed by atoms with E-state index in [0.29, 0.717) is 23.5 Å². The Morgan fingerprint density at radius 3 is 3.00 bits per heavy atom. The van der Waals surface area contributed by atoms with Crippen molar-refractivity contribution >= 4 is 11.6 Å². The third-order valence-corrected chi connectivity index (χ3v) is 3.34. The summed E-state index contributed by atoms with van der Waals surface area (Å²) in [5.74, 6) is 0.510. The summed E-state index contributed by atoms with van der Waals surface area (Å²) in [6.07, 6.45) is 1.77. The molecule has 5 nitrogen and oxygen atoms in total. The van der Waals surface area contributed by atoms with Gasteiger partial charge in [0.25, 0.3) is 5.91 Å². The number of carbonyl (C=O) groups is 1. The van der Waals surface area contributed by atoms with E-state index in [1.54, 1.807) is 30.2 Å². The standard InChI is InChI=1S/C13H18N2O3/c1-18-10-4-5-11(12(14)7-10)13(17)15-6-2-3-9(15)8-16/h4-5,7,9,16H,2-3,6,8,14H2,1H3. The maximum Gasteiger partial charge on any atom is 0.256 e. The number of methoxy groups -OCH3 is 1. The highest BCUT2D eigenvalue weighted by atomic mass is 16.5. The van der Waals surface area contributed by atoms with Crippen LogP contribution in [0.4, 0.5) is 5.69 Å². The van der Waals surface area contributed by atoms with Crippen molar-refractivity contribution in [2.45, 2.75) is 18.9 Å². The van der Waals surface area contributed by atoms with Gasteiger partial charge in [-0.05, 0) is 25.0 Å². The predicted octanol–water partition coefficient (Wildman–Crippen LogP) is 0.874. The summed E-state index contributed by atoms with van der Waals surface area (Å²) in [5, 5.41) is 9.24. The number of carbonyl (C=O) groups excluding carboxylic acids is 1. The van der Waals surface area contributed by atoms with E-state index < -0.39 is 0 Å². The Hall–Kier alpha value is -1.75. The minimum atomic E-state index is -0.119. The number of anilines is 1. The molecule has 0 bridgehead atoms. The first-order valence-corrected chi connectivity index (χ1v) is 6.02. The van der Waals surface area contributed by atoms with Gasteiger partial charge in [-0.15, -0.1) is 0 Å². The molecule has 1 aliphatic rings. The molecule has 3 N–H and O–H groups in total. The Kier molecular flexibility index (Phi) is 3.72. The minimum absolute atomic E-state index is 0.00179. The Balaban J connectivity index is 2.23. The fraction of sp³-hybridized carbons (Fsp3) is 0.462. The molecule has 1 unspecified atom stereocenters. The highest BCUT2D eigenvalue weighted by molar-refractivity contribution is 5.99. The predicted molar refractivity (Wildman–Crippen MR) is 68.6 cm³/mol. The number of rotatable bonds is 3. The fourth-order valence-corrected chi connectivity index (χ4v) is 2.31. The van der Waals surface area contributed by atoms with Gasteiger partial charge in [0.05, 0.1) is 25.3 Å². The summed E-state index contributed by atoms with van der Waals surface area (Å²) in [7, 11) is 1.55. The van der Waals surface area contributed by atoms with E-state index in [1.165, 1.54) is 0 Å². The molecule has 18 heavy (non-hydrogen) atoms. The number of aliphatic hydroxyl groups is 1. The number of hydrogen-bond acceptors (Lipinski definition) is 4. The van der Waals surface area contributed by atoms with Gasteiger partial charge in [0, 0.05) is 18.3 Å². The molecular weight excluding hydrogens is 232 g/mol. The van der Waals surface area contributed by atoms with E-state index in [-0.39, 0.29) is 18.6 Å². The van der Waals surface area contributed by atoms with Gasteiger partial charge in [0.15, 0.2) is 0 Å². The summed E-state index contributed by atoms with van der Waals surface area (Å²) < 4.78 is 5.05. The second kappa shape index (κ2) is 5.27. The zero-order valence-corrected chi connectivity index (χ0v) is 10.4. The van der Waals surface area contributed by atoms with Gasteiger partial charge in [-0.3, -0.25) is 4.79 Å². The summed E-state index contributed by atoms with van der Waals surface area (Å²) >= 11 is 0. The van der Waals surface area contributed by atoms with E-state index in [4.69, 9.17) is 10.5 Å². The molecule has 1 aliphatic heterocycles. The fourth-order valence-electron chi connectivity index (χ4n) is 2.31. The van der Waals surface area contributed by atoms with Crippen LogP contribution in [0, 0.1) is 0 Å². The number of ether oxygens (including phenoxy) is 1. The molecule has 0 radical (unpaired) electrons. The van der Waals surface area contributed by atoms with Crippen LogP contribution < -0.4 is 10.5 Å². The molecule has 1 fully saturated rings. The average molecular weight is 250 g/mol. The van der Waals surface area contributed by atoms with Crippen LogP contribution in [-0.2, 0) is 0 Å². The second-order valence-electron chi connectivity index (χ2n) is 4.43. The van der Waals surface area contributed by atoms with E-state index in [9.17, 15) is 9.90 Å². The lowest BCUT2D eigenvalue weighted by molar-refractivity contribution is 0.0678. The van der Waals surface area contributed by atoms with Gasteiger partial charge in [0.1, 0.15) is 5.75 Å². The number of benzene rings is 1. The molecule has 2 rings (SSSR count). The van der Waals surface area contributed by atoms with Crippen molar-refractivity contribution in [2.24, 2.45) is 0 Å². The minimum Gasteiger partial charge on any atom is -0.497 e. The van der Waals surface area contributed by atoms with Crippen LogP contribution in [0.2, 0.25) is 0 Å². The van der Waals surface area contributed by atoms with Crippen LogP contribution in [0.3, 0.4) is 0 Å². The van der Waals surface area contributed by atoms with Crippen LogP contribution in [0.5, 0.6) is 5.75 Å². The summed E-state index contributed by atoms with van der Waals surface area (Å²) in [4.78, 5) is 14.0. The number of likely N-dealkylation sites (tertiary alicyclic amines) is 1. The highest BCUT2D eigenvalue weighted by Crippen LogP contribution is 2.25. The van der Waals surface area contributed by atoms with Gasteiger partial charge in [0.2, 0.25) is 0 Å². The Morgan fingerprint density at radius 2 is 2.39 bits per heavy atom. The van der Waals surface area contributed by atoms with Crippen molar-refractivity contribution in [3.8, 4) is 5.75 Å². The first-order valence-electron chi connectivity index (χ1n) is 6.02. The summed E-state index contributed by atoms with van der Waals surface area (Å²) in [6.45, 7) is 0.678. The molecule has 5 heteroatoms. The molecule has 1 aromatic rings. The third kappa shape index (κ3) is 2.26. The Labute approximate surface area is 106 Å². The number of hydrogen-bond donors (Lipinski definition) is 2. The van der Waals surface area contributed by atoms with E-state index in [0.717, 1.165) is 12.8 Å². The lowest BCUT2D eigenvalue weighted by Crippen LogP contribution is -2.37. The summed E-state index contributed by atoms with van der Waals surface area (Å²) in [5.41, 5.74) is 6.74. The number of nitrogens with zero attached hydrogens (tertiary/aromatic N) is 1. The van der Waals surface area contributed by atoms with Gasteiger partial charge in [-0.2, -0.15) is 0 Å². The zero-order chi connectivity index (χ0) is 13.1. The number of amides is 1. The van der Waals surface area contributed by atoms with E-state index >= 15 is 0 Å². The molecule has 98 valence electrons. The van der Waals surface area contributed by atoms with Gasteiger partial charge < -0.3 is 20.5 Å². The highest BCUT2D eigenvalue weighted by Gasteiger charge is 2.29. The molecule has 1 heterocycles. The van der Waals surface area contributed by atoms with Crippen LogP contribution in [-0.4, -0.2) is 42.2 Å². The van der Waals surface area contributed by atoms with Gasteiger partial charge in [-0.1, -0.05) is 0 Å².